The monoisotopic (exact) mass is 429 g/mol. The number of hydrogen-bond donors (Lipinski definition) is 1. The summed E-state index contributed by atoms with van der Waals surface area (Å²) >= 11 is 0. The van der Waals surface area contributed by atoms with Crippen LogP contribution >= 0.6 is 0 Å². The number of carbonyl (C=O) groups is 2. The molecule has 0 saturated heterocycles. The number of carbonyl (C=O) groups excluding carboxylic acids is 2. The van der Waals surface area contributed by atoms with Crippen LogP contribution in [0.5, 0.6) is 23.0 Å². The lowest BCUT2D eigenvalue weighted by atomic mass is 9.66. The van der Waals surface area contributed by atoms with Gasteiger partial charge in [0.05, 0.1) is 47.4 Å². The first kappa shape index (κ1) is 22.3. The summed E-state index contributed by atoms with van der Waals surface area (Å²) < 4.78 is 26.7. The fraction of sp³-hybridized carbons (Fsp3) is 0.391. The lowest BCUT2D eigenvalue weighted by molar-refractivity contribution is -0.150. The van der Waals surface area contributed by atoms with Gasteiger partial charge in [0.15, 0.2) is 23.0 Å². The summed E-state index contributed by atoms with van der Waals surface area (Å²) in [6, 6.07) is 9.05. The zero-order chi connectivity index (χ0) is 22.7. The molecule has 2 aromatic rings. The van der Waals surface area contributed by atoms with Crippen molar-refractivity contribution in [1.82, 2.24) is 0 Å². The summed E-state index contributed by atoms with van der Waals surface area (Å²) in [5, 5.41) is 0. The molecule has 3 rings (SSSR count). The Kier molecular flexibility index (Phi) is 6.58. The highest BCUT2D eigenvalue weighted by atomic mass is 16.5. The molecular formula is C23H27NO7. The minimum Gasteiger partial charge on any atom is -0.493 e. The van der Waals surface area contributed by atoms with Gasteiger partial charge in [0.1, 0.15) is 0 Å². The molecule has 31 heavy (non-hydrogen) atoms. The minimum absolute atomic E-state index is 0.291. The number of esters is 1. The van der Waals surface area contributed by atoms with Gasteiger partial charge in [0.25, 0.3) is 0 Å². The standard InChI is InChI=1S/C23H27NO7/c1-27-16-7-6-12(9-17(16)28-2)20-14-11-19(30-4)18(29-3)10-13(14)8-15(23(26)31-5)21(20)22(24)25/h6-7,9-11,15,20-21H,8H2,1-5H3,(H2,24,25)/t15-,20+,21-/m0/s1. The molecule has 0 radical (unpaired) electrons. The molecule has 1 aliphatic carbocycles. The fourth-order valence-electron chi connectivity index (χ4n) is 4.37. The van der Waals surface area contributed by atoms with E-state index in [9.17, 15) is 9.59 Å². The third-order valence-electron chi connectivity index (χ3n) is 5.81. The number of benzene rings is 2. The highest BCUT2D eigenvalue weighted by Gasteiger charge is 2.45. The van der Waals surface area contributed by atoms with E-state index in [1.807, 2.05) is 18.2 Å². The van der Waals surface area contributed by atoms with E-state index >= 15 is 0 Å². The number of fused-ring (bicyclic) bond motifs is 1. The second-order valence-electron chi connectivity index (χ2n) is 7.26. The van der Waals surface area contributed by atoms with Crippen LogP contribution in [0.1, 0.15) is 22.6 Å². The van der Waals surface area contributed by atoms with Crippen LogP contribution in [0.4, 0.5) is 0 Å². The molecule has 0 fully saturated rings. The van der Waals surface area contributed by atoms with Crippen LogP contribution in [0.15, 0.2) is 30.3 Å². The van der Waals surface area contributed by atoms with E-state index in [-0.39, 0.29) is 0 Å². The van der Waals surface area contributed by atoms with Gasteiger partial charge in [0.2, 0.25) is 5.91 Å². The van der Waals surface area contributed by atoms with E-state index in [1.165, 1.54) is 14.2 Å². The third-order valence-corrected chi connectivity index (χ3v) is 5.81. The topological polar surface area (TPSA) is 106 Å². The Balaban J connectivity index is 2.29. The zero-order valence-electron chi connectivity index (χ0n) is 18.3. The van der Waals surface area contributed by atoms with Crippen molar-refractivity contribution >= 4 is 11.9 Å². The van der Waals surface area contributed by atoms with Crippen LogP contribution in [0.3, 0.4) is 0 Å². The SMILES string of the molecule is COC(=O)[C@H]1Cc2cc(OC)c(OC)cc2[C@@H](c2ccc(OC)c(OC)c2)[C@H]1C(N)=O. The number of primary amides is 1. The van der Waals surface area contributed by atoms with Crippen molar-refractivity contribution in [2.75, 3.05) is 35.5 Å². The quantitative estimate of drug-likeness (QED) is 0.673. The van der Waals surface area contributed by atoms with Gasteiger partial charge >= 0.3 is 5.97 Å². The predicted octanol–water partition coefficient (Wildman–Crippen LogP) is 2.30. The Morgan fingerprint density at radius 1 is 0.839 bits per heavy atom. The number of hydrogen-bond acceptors (Lipinski definition) is 7. The average Bonchev–Trinajstić information content (AvgIpc) is 2.80. The Hall–Kier alpha value is -3.42. The van der Waals surface area contributed by atoms with Crippen LogP contribution in [-0.2, 0) is 20.7 Å². The molecule has 0 bridgehead atoms. The first-order valence-electron chi connectivity index (χ1n) is 9.73. The first-order chi connectivity index (χ1) is 14.9. The number of methoxy groups -OCH3 is 5. The smallest absolute Gasteiger partial charge is 0.309 e. The van der Waals surface area contributed by atoms with E-state index in [4.69, 9.17) is 29.4 Å². The molecule has 8 heteroatoms. The van der Waals surface area contributed by atoms with Gasteiger partial charge in [-0.1, -0.05) is 6.07 Å². The molecule has 166 valence electrons. The van der Waals surface area contributed by atoms with Crippen LogP contribution < -0.4 is 24.7 Å². The van der Waals surface area contributed by atoms with Crippen molar-refractivity contribution in [2.24, 2.45) is 17.6 Å². The summed E-state index contributed by atoms with van der Waals surface area (Å²) in [6.07, 6.45) is 0.291. The molecule has 8 nitrogen and oxygen atoms in total. The van der Waals surface area contributed by atoms with Crippen LogP contribution in [0.2, 0.25) is 0 Å². The van der Waals surface area contributed by atoms with Gasteiger partial charge in [-0.05, 0) is 47.4 Å². The van der Waals surface area contributed by atoms with Crippen LogP contribution in [0, 0.1) is 11.8 Å². The molecule has 0 aliphatic heterocycles. The molecule has 2 aromatic carbocycles. The molecular weight excluding hydrogens is 402 g/mol. The Morgan fingerprint density at radius 2 is 1.42 bits per heavy atom. The molecule has 0 heterocycles. The first-order valence-corrected chi connectivity index (χ1v) is 9.73. The van der Waals surface area contributed by atoms with E-state index in [1.54, 1.807) is 33.5 Å². The summed E-state index contributed by atoms with van der Waals surface area (Å²) in [6.45, 7) is 0. The number of nitrogens with two attached hydrogens (primary N) is 1. The van der Waals surface area contributed by atoms with Gasteiger partial charge in [-0.2, -0.15) is 0 Å². The average molecular weight is 429 g/mol. The summed E-state index contributed by atoms with van der Waals surface area (Å²) in [4.78, 5) is 25.3. The van der Waals surface area contributed by atoms with Gasteiger partial charge < -0.3 is 29.4 Å². The largest absolute Gasteiger partial charge is 0.493 e. The van der Waals surface area contributed by atoms with E-state index in [0.717, 1.165) is 16.7 Å². The van der Waals surface area contributed by atoms with Crippen molar-refractivity contribution in [1.29, 1.82) is 0 Å². The molecule has 0 saturated carbocycles. The van der Waals surface area contributed by atoms with Crippen molar-refractivity contribution in [3.05, 3.63) is 47.0 Å². The molecule has 0 spiro atoms. The highest BCUT2D eigenvalue weighted by Crippen LogP contribution is 2.48. The molecule has 0 aromatic heterocycles. The lowest BCUT2D eigenvalue weighted by Crippen LogP contribution is -2.43. The van der Waals surface area contributed by atoms with Crippen LogP contribution in [-0.4, -0.2) is 47.4 Å². The maximum Gasteiger partial charge on any atom is 0.309 e. The normalized spacial score (nSPS) is 19.7. The summed E-state index contributed by atoms with van der Waals surface area (Å²) in [7, 11) is 7.47. The van der Waals surface area contributed by atoms with Crippen molar-refractivity contribution in [3.63, 3.8) is 0 Å². The van der Waals surface area contributed by atoms with Crippen molar-refractivity contribution in [3.8, 4) is 23.0 Å². The third kappa shape index (κ3) is 3.97. The van der Waals surface area contributed by atoms with Gasteiger partial charge in [-0.15, -0.1) is 0 Å². The second kappa shape index (κ2) is 9.16. The molecule has 2 N–H and O–H groups in total. The van der Waals surface area contributed by atoms with Gasteiger partial charge in [0, 0.05) is 5.92 Å². The maximum atomic E-state index is 12.6. The minimum atomic E-state index is -0.823. The van der Waals surface area contributed by atoms with Gasteiger partial charge in [-0.25, -0.2) is 0 Å². The Morgan fingerprint density at radius 3 is 1.97 bits per heavy atom. The van der Waals surface area contributed by atoms with Crippen LogP contribution in [0.25, 0.3) is 0 Å². The highest BCUT2D eigenvalue weighted by molar-refractivity contribution is 5.87. The fourth-order valence-corrected chi connectivity index (χ4v) is 4.37. The lowest BCUT2D eigenvalue weighted by Gasteiger charge is -2.37. The number of amides is 1. The molecule has 3 atom stereocenters. The van der Waals surface area contributed by atoms with Gasteiger partial charge in [-0.3, -0.25) is 9.59 Å². The van der Waals surface area contributed by atoms with E-state index in [0.29, 0.717) is 29.4 Å². The van der Waals surface area contributed by atoms with Crippen molar-refractivity contribution in [2.45, 2.75) is 12.3 Å². The maximum absolute atomic E-state index is 12.6. The van der Waals surface area contributed by atoms with Crippen molar-refractivity contribution < 1.29 is 33.3 Å². The van der Waals surface area contributed by atoms with E-state index in [2.05, 4.69) is 0 Å². The summed E-state index contributed by atoms with van der Waals surface area (Å²) in [5.74, 6) is -1.06. The Labute approximate surface area is 181 Å². The molecule has 1 amide bonds. The Bertz CT molecular complexity index is 988. The summed E-state index contributed by atoms with van der Waals surface area (Å²) in [5.41, 5.74) is 8.26. The molecule has 0 unspecified atom stereocenters. The molecule has 1 aliphatic rings. The number of ether oxygens (including phenoxy) is 5. The van der Waals surface area contributed by atoms with E-state index < -0.39 is 29.6 Å². The zero-order valence-corrected chi connectivity index (χ0v) is 18.3. The second-order valence-corrected chi connectivity index (χ2v) is 7.26. The number of rotatable bonds is 7. The predicted molar refractivity (Wildman–Crippen MR) is 113 cm³/mol.